The van der Waals surface area contributed by atoms with Crippen LogP contribution in [0.1, 0.15) is 80.2 Å². The van der Waals surface area contributed by atoms with Crippen LogP contribution in [0, 0.1) is 5.92 Å². The molecule has 2 aromatic heterocycles. The highest BCUT2D eigenvalue weighted by Crippen LogP contribution is 2.48. The molecule has 13 heteroatoms. The van der Waals surface area contributed by atoms with E-state index in [0.29, 0.717) is 12.4 Å². The van der Waals surface area contributed by atoms with Crippen LogP contribution >= 0.6 is 0 Å². The fraction of sp³-hybridized carbons (Fsp3) is 0.350. The number of aromatic amines is 2. The molecule has 4 heterocycles. The highest BCUT2D eigenvalue weighted by molar-refractivity contribution is 5.86. The van der Waals surface area contributed by atoms with Gasteiger partial charge in [-0.05, 0) is 78.1 Å². The summed E-state index contributed by atoms with van der Waals surface area (Å²) in [4.78, 5) is 44.9. The first-order valence-electron chi connectivity index (χ1n) is 17.9. The predicted molar refractivity (Wildman–Crippen MR) is 195 cm³/mol. The molecule has 3 aromatic carbocycles. The van der Waals surface area contributed by atoms with Gasteiger partial charge in [0.25, 0.3) is 0 Å². The van der Waals surface area contributed by atoms with Gasteiger partial charge in [-0.3, -0.25) is 4.79 Å². The van der Waals surface area contributed by atoms with Crippen LogP contribution in [0.3, 0.4) is 0 Å². The van der Waals surface area contributed by atoms with Crippen LogP contribution in [0.25, 0.3) is 22.5 Å². The van der Waals surface area contributed by atoms with Crippen LogP contribution in [0.15, 0.2) is 91.5 Å². The lowest BCUT2D eigenvalue weighted by atomic mass is 10.0. The summed E-state index contributed by atoms with van der Waals surface area (Å²) in [7, 11) is 1.27. The van der Waals surface area contributed by atoms with Crippen molar-refractivity contribution in [3.05, 3.63) is 114 Å². The van der Waals surface area contributed by atoms with Gasteiger partial charge in [0.1, 0.15) is 11.9 Å². The maximum Gasteiger partial charge on any atom is 0.416 e. The number of nitrogens with one attached hydrogen (secondary N) is 3. The summed E-state index contributed by atoms with van der Waals surface area (Å²) in [6, 6.07) is 20.8. The number of carbonyl (C=O) groups is 2. The number of carbonyl (C=O) groups excluding carboxylic acids is 2. The normalized spacial score (nSPS) is 19.5. The van der Waals surface area contributed by atoms with Gasteiger partial charge in [0.15, 0.2) is 0 Å². The number of H-pyrrole nitrogens is 2. The van der Waals surface area contributed by atoms with E-state index in [2.05, 4.69) is 54.4 Å². The molecule has 7 rings (SSSR count). The summed E-state index contributed by atoms with van der Waals surface area (Å²) in [6.07, 6.45) is 3.30. The van der Waals surface area contributed by atoms with Crippen molar-refractivity contribution in [1.82, 2.24) is 30.2 Å². The molecule has 276 valence electrons. The number of likely N-dealkylation sites (tertiary alicyclic amines) is 1. The Bertz CT molecular complexity index is 2010. The fourth-order valence-corrected chi connectivity index (χ4v) is 7.68. The molecule has 0 aliphatic carbocycles. The number of alkyl halides is 3. The average molecular weight is 726 g/mol. The molecule has 3 N–H and O–H groups in total. The second kappa shape index (κ2) is 14.8. The lowest BCUT2D eigenvalue weighted by molar-refractivity contribution is -0.137. The number of ether oxygens (including phenoxy) is 1. The van der Waals surface area contributed by atoms with E-state index in [9.17, 15) is 22.8 Å². The van der Waals surface area contributed by atoms with E-state index < -0.39 is 23.9 Å². The highest BCUT2D eigenvalue weighted by atomic mass is 19.4. The molecule has 0 bridgehead atoms. The van der Waals surface area contributed by atoms with E-state index in [-0.39, 0.29) is 30.0 Å². The molecule has 0 unspecified atom stereocenters. The molecule has 2 fully saturated rings. The van der Waals surface area contributed by atoms with E-state index in [1.807, 2.05) is 38.1 Å². The first kappa shape index (κ1) is 35.8. The molecule has 10 nitrogen and oxygen atoms in total. The van der Waals surface area contributed by atoms with Gasteiger partial charge < -0.3 is 29.8 Å². The van der Waals surface area contributed by atoms with Crippen LogP contribution < -0.4 is 10.2 Å². The standard InChI is InChI=1S/C40H42F3N7O3/c1-24(2)36(48-39(52)53-3)38(51)49-20-4-5-35(49)37-45-22-32(47-37)26-8-12-28(13-9-26)34-19-18-33(27-10-6-25(7-11-27)31-21-44-23-46-31)50(34)30-16-14-29(15-17-30)40(41,42)43/h6-17,21-24,33-36H,4-5,18-20H2,1-3H3,(H,44,46)(H,45,47)(H,48,52)/t33-,34+,35+,36+/m1/s1. The lowest BCUT2D eigenvalue weighted by Crippen LogP contribution is -2.51. The molecule has 2 aliphatic heterocycles. The zero-order chi connectivity index (χ0) is 37.3. The number of nitrogens with zero attached hydrogens (tertiary/aromatic N) is 4. The minimum absolute atomic E-state index is 0.0439. The van der Waals surface area contributed by atoms with Gasteiger partial charge >= 0.3 is 12.3 Å². The highest BCUT2D eigenvalue weighted by Gasteiger charge is 2.39. The Morgan fingerprint density at radius 3 is 2.02 bits per heavy atom. The number of amides is 2. The second-order valence-corrected chi connectivity index (χ2v) is 14.0. The average Bonchev–Trinajstić information content (AvgIpc) is 4.00. The topological polar surface area (TPSA) is 119 Å². The summed E-state index contributed by atoms with van der Waals surface area (Å²) in [6.45, 7) is 4.33. The van der Waals surface area contributed by atoms with Crippen molar-refractivity contribution in [3.63, 3.8) is 0 Å². The van der Waals surface area contributed by atoms with Crippen LogP contribution in [0.4, 0.5) is 23.7 Å². The largest absolute Gasteiger partial charge is 0.453 e. The minimum Gasteiger partial charge on any atom is -0.453 e. The minimum atomic E-state index is -4.42. The molecule has 0 spiro atoms. The van der Waals surface area contributed by atoms with Crippen molar-refractivity contribution in [2.75, 3.05) is 18.6 Å². The Morgan fingerprint density at radius 2 is 1.47 bits per heavy atom. The molecule has 4 atom stereocenters. The molecule has 0 radical (unpaired) electrons. The molecule has 2 saturated heterocycles. The van der Waals surface area contributed by atoms with E-state index >= 15 is 0 Å². The molecule has 0 saturated carbocycles. The van der Waals surface area contributed by atoms with Crippen LogP contribution in [-0.2, 0) is 15.7 Å². The number of benzene rings is 3. The van der Waals surface area contributed by atoms with Gasteiger partial charge in [0.05, 0.1) is 60.9 Å². The third-order valence-electron chi connectivity index (χ3n) is 10.4. The van der Waals surface area contributed by atoms with Crippen molar-refractivity contribution in [2.45, 2.75) is 69.9 Å². The molecule has 2 aliphatic rings. The maximum absolute atomic E-state index is 13.6. The van der Waals surface area contributed by atoms with Crippen molar-refractivity contribution in [1.29, 1.82) is 0 Å². The number of methoxy groups -OCH3 is 1. The number of alkyl carbamates (subject to hydrolysis) is 1. The summed E-state index contributed by atoms with van der Waals surface area (Å²) in [5.41, 5.74) is 5.81. The fourth-order valence-electron chi connectivity index (χ4n) is 7.68. The SMILES string of the molecule is COC(=O)N[C@H](C(=O)N1CCC[C@H]1c1ncc(-c2ccc([C@@H]3CC[C@H](c4ccc(-c5cnc[nH]5)cc4)N3c3ccc(C(F)(F)F)cc3)cc2)[nH]1)C(C)C. The molecule has 2 amide bonds. The molecule has 53 heavy (non-hydrogen) atoms. The third kappa shape index (κ3) is 7.37. The number of hydrogen-bond acceptors (Lipinski definition) is 6. The molecular formula is C40H42F3N7O3. The van der Waals surface area contributed by atoms with E-state index in [1.54, 1.807) is 35.8 Å². The Morgan fingerprint density at radius 1 is 0.849 bits per heavy atom. The van der Waals surface area contributed by atoms with Gasteiger partial charge in [-0.2, -0.15) is 13.2 Å². The van der Waals surface area contributed by atoms with E-state index in [1.165, 1.54) is 7.11 Å². The Labute approximate surface area is 305 Å². The quantitative estimate of drug-likeness (QED) is 0.140. The van der Waals surface area contributed by atoms with Crippen LogP contribution in [0.2, 0.25) is 0 Å². The number of halogens is 3. The summed E-state index contributed by atoms with van der Waals surface area (Å²) < 4.78 is 45.3. The zero-order valence-corrected chi connectivity index (χ0v) is 29.7. The van der Waals surface area contributed by atoms with Crippen molar-refractivity contribution in [3.8, 4) is 22.5 Å². The zero-order valence-electron chi connectivity index (χ0n) is 29.7. The van der Waals surface area contributed by atoms with Gasteiger partial charge in [0.2, 0.25) is 5.91 Å². The Hall–Kier alpha value is -5.59. The number of rotatable bonds is 9. The molecular weight excluding hydrogens is 683 g/mol. The lowest BCUT2D eigenvalue weighted by Gasteiger charge is -2.33. The van der Waals surface area contributed by atoms with Gasteiger partial charge in [0, 0.05) is 12.2 Å². The second-order valence-electron chi connectivity index (χ2n) is 14.0. The Balaban J connectivity index is 1.12. The number of anilines is 1. The first-order valence-corrected chi connectivity index (χ1v) is 17.9. The van der Waals surface area contributed by atoms with Crippen LogP contribution in [0.5, 0.6) is 0 Å². The van der Waals surface area contributed by atoms with E-state index in [4.69, 9.17) is 4.74 Å². The smallest absolute Gasteiger partial charge is 0.416 e. The number of aromatic nitrogens is 4. The van der Waals surface area contributed by atoms with Crippen molar-refractivity contribution < 1.29 is 27.5 Å². The summed E-state index contributed by atoms with van der Waals surface area (Å²) >= 11 is 0. The van der Waals surface area contributed by atoms with Crippen LogP contribution in [-0.4, -0.2) is 56.5 Å². The predicted octanol–water partition coefficient (Wildman–Crippen LogP) is 8.61. The van der Waals surface area contributed by atoms with Crippen molar-refractivity contribution >= 4 is 17.7 Å². The van der Waals surface area contributed by atoms with Gasteiger partial charge in [-0.15, -0.1) is 0 Å². The molecule has 5 aromatic rings. The Kier molecular flexibility index (Phi) is 10.00. The van der Waals surface area contributed by atoms with Gasteiger partial charge in [-0.1, -0.05) is 62.4 Å². The van der Waals surface area contributed by atoms with Crippen molar-refractivity contribution in [2.24, 2.45) is 5.92 Å². The van der Waals surface area contributed by atoms with Gasteiger partial charge in [-0.25, -0.2) is 14.8 Å². The summed E-state index contributed by atoms with van der Waals surface area (Å²) in [5.74, 6) is 0.379. The van der Waals surface area contributed by atoms with E-state index in [0.717, 1.165) is 77.1 Å². The number of hydrogen-bond donors (Lipinski definition) is 3. The maximum atomic E-state index is 13.6. The summed E-state index contributed by atoms with van der Waals surface area (Å²) in [5, 5.41) is 2.68. The third-order valence-corrected chi connectivity index (χ3v) is 10.4. The number of imidazole rings is 2. The first-order chi connectivity index (χ1) is 25.5. The monoisotopic (exact) mass is 725 g/mol.